The number of aliphatic hydroxyl groups is 1. The summed E-state index contributed by atoms with van der Waals surface area (Å²) < 4.78 is 0. The molecule has 0 aromatic rings. The molecule has 0 saturated carbocycles. The van der Waals surface area contributed by atoms with Gasteiger partial charge < -0.3 is 5.11 Å². The summed E-state index contributed by atoms with van der Waals surface area (Å²) in [6.07, 6.45) is 1.29. The fourth-order valence-corrected chi connectivity index (χ4v) is 1.83. The highest BCUT2D eigenvalue weighted by Gasteiger charge is 2.24. The molecule has 0 bridgehead atoms. The quantitative estimate of drug-likeness (QED) is 0.615. The summed E-state index contributed by atoms with van der Waals surface area (Å²) in [5.41, 5.74) is 0. The minimum Gasteiger partial charge on any atom is -0.395 e. The van der Waals surface area contributed by atoms with Crippen molar-refractivity contribution in [2.45, 2.75) is 26.3 Å². The van der Waals surface area contributed by atoms with Gasteiger partial charge in [-0.1, -0.05) is 6.92 Å². The van der Waals surface area contributed by atoms with E-state index in [-0.39, 0.29) is 0 Å². The minimum atomic E-state index is 0.303. The third-order valence-electron chi connectivity index (χ3n) is 2.30. The molecular weight excluding hydrogens is 126 g/mol. The van der Waals surface area contributed by atoms with Crippen LogP contribution < -0.4 is 0 Å². The third-order valence-corrected chi connectivity index (χ3v) is 2.30. The van der Waals surface area contributed by atoms with Crippen molar-refractivity contribution in [1.29, 1.82) is 0 Å². The number of rotatable bonds is 2. The lowest BCUT2D eigenvalue weighted by molar-refractivity contribution is 0.190. The molecule has 10 heavy (non-hydrogen) atoms. The molecule has 1 rings (SSSR count). The van der Waals surface area contributed by atoms with Crippen LogP contribution in [0.3, 0.4) is 0 Å². The predicted molar refractivity (Wildman–Crippen MR) is 41.9 cm³/mol. The van der Waals surface area contributed by atoms with E-state index in [0.717, 1.165) is 12.5 Å². The van der Waals surface area contributed by atoms with Gasteiger partial charge in [0.2, 0.25) is 0 Å². The van der Waals surface area contributed by atoms with E-state index in [1.807, 2.05) is 0 Å². The zero-order valence-corrected chi connectivity index (χ0v) is 6.88. The van der Waals surface area contributed by atoms with Crippen molar-refractivity contribution in [3.63, 3.8) is 0 Å². The van der Waals surface area contributed by atoms with Crippen LogP contribution in [-0.2, 0) is 0 Å². The van der Waals surface area contributed by atoms with Gasteiger partial charge in [0.25, 0.3) is 0 Å². The van der Waals surface area contributed by atoms with Crippen molar-refractivity contribution in [1.82, 2.24) is 4.90 Å². The highest BCUT2D eigenvalue weighted by atomic mass is 16.3. The Kier molecular flexibility index (Phi) is 2.69. The van der Waals surface area contributed by atoms with E-state index in [4.69, 9.17) is 5.11 Å². The normalized spacial score (nSPS) is 35.1. The second-order valence-corrected chi connectivity index (χ2v) is 3.41. The molecular formula is C8H17NO. The standard InChI is InChI=1S/C8H17NO/c1-7-5-8(2)9(6-7)3-4-10/h7-8,10H,3-6H2,1-2H3. The second kappa shape index (κ2) is 3.35. The number of aliphatic hydroxyl groups excluding tert-OH is 1. The first-order valence-corrected chi connectivity index (χ1v) is 4.09. The highest BCUT2D eigenvalue weighted by Crippen LogP contribution is 2.21. The maximum atomic E-state index is 8.69. The van der Waals surface area contributed by atoms with Crippen molar-refractivity contribution in [2.24, 2.45) is 5.92 Å². The van der Waals surface area contributed by atoms with Crippen LogP contribution in [-0.4, -0.2) is 35.7 Å². The van der Waals surface area contributed by atoms with E-state index in [1.54, 1.807) is 0 Å². The Hall–Kier alpha value is -0.0800. The van der Waals surface area contributed by atoms with Crippen LogP contribution in [0.25, 0.3) is 0 Å². The Balaban J connectivity index is 2.31. The number of β-amino-alcohol motifs (C(OH)–C–C–N with tert-alkyl or cyclic N) is 1. The molecule has 2 unspecified atom stereocenters. The molecule has 2 heteroatoms. The Morgan fingerprint density at radius 3 is 2.60 bits per heavy atom. The van der Waals surface area contributed by atoms with Gasteiger partial charge in [-0.05, 0) is 19.3 Å². The van der Waals surface area contributed by atoms with Gasteiger partial charge in [-0.3, -0.25) is 4.90 Å². The molecule has 0 aliphatic carbocycles. The summed E-state index contributed by atoms with van der Waals surface area (Å²) in [6, 6.07) is 0.683. The van der Waals surface area contributed by atoms with Crippen LogP contribution in [0.1, 0.15) is 20.3 Å². The van der Waals surface area contributed by atoms with Gasteiger partial charge in [-0.15, -0.1) is 0 Å². The molecule has 0 spiro atoms. The van der Waals surface area contributed by atoms with Gasteiger partial charge in [-0.25, -0.2) is 0 Å². The Labute approximate surface area is 62.8 Å². The zero-order valence-electron chi connectivity index (χ0n) is 6.88. The van der Waals surface area contributed by atoms with Crippen LogP contribution in [0.4, 0.5) is 0 Å². The van der Waals surface area contributed by atoms with E-state index >= 15 is 0 Å². The molecule has 0 amide bonds. The second-order valence-electron chi connectivity index (χ2n) is 3.41. The van der Waals surface area contributed by atoms with Crippen molar-refractivity contribution in [3.8, 4) is 0 Å². The Morgan fingerprint density at radius 1 is 1.50 bits per heavy atom. The topological polar surface area (TPSA) is 23.5 Å². The lowest BCUT2D eigenvalue weighted by atomic mass is 10.1. The van der Waals surface area contributed by atoms with E-state index < -0.39 is 0 Å². The first-order valence-electron chi connectivity index (χ1n) is 4.09. The fraction of sp³-hybridized carbons (Fsp3) is 1.00. The summed E-state index contributed by atoms with van der Waals surface area (Å²) in [6.45, 7) is 6.83. The Bertz CT molecular complexity index is 105. The predicted octanol–water partition coefficient (Wildman–Crippen LogP) is 0.709. The monoisotopic (exact) mass is 143 g/mol. The smallest absolute Gasteiger partial charge is 0.0558 e. The molecule has 2 nitrogen and oxygen atoms in total. The third kappa shape index (κ3) is 1.70. The molecule has 2 atom stereocenters. The summed E-state index contributed by atoms with van der Waals surface area (Å²) >= 11 is 0. The zero-order chi connectivity index (χ0) is 7.56. The molecule has 0 aromatic carbocycles. The molecule has 60 valence electrons. The van der Waals surface area contributed by atoms with Crippen LogP contribution in [0.2, 0.25) is 0 Å². The molecule has 1 heterocycles. The van der Waals surface area contributed by atoms with Crippen LogP contribution in [0.5, 0.6) is 0 Å². The van der Waals surface area contributed by atoms with Gasteiger partial charge in [0.1, 0.15) is 0 Å². The van der Waals surface area contributed by atoms with E-state index in [1.165, 1.54) is 13.0 Å². The van der Waals surface area contributed by atoms with Gasteiger partial charge in [0.15, 0.2) is 0 Å². The fourth-order valence-electron chi connectivity index (χ4n) is 1.83. The molecule has 1 aliphatic rings. The van der Waals surface area contributed by atoms with Gasteiger partial charge >= 0.3 is 0 Å². The summed E-state index contributed by atoms with van der Waals surface area (Å²) in [7, 11) is 0. The number of likely N-dealkylation sites (tertiary alicyclic amines) is 1. The minimum absolute atomic E-state index is 0.303. The molecule has 0 radical (unpaired) electrons. The van der Waals surface area contributed by atoms with Crippen molar-refractivity contribution >= 4 is 0 Å². The van der Waals surface area contributed by atoms with Gasteiger partial charge in [0, 0.05) is 19.1 Å². The van der Waals surface area contributed by atoms with E-state index in [9.17, 15) is 0 Å². The van der Waals surface area contributed by atoms with Crippen LogP contribution in [0.15, 0.2) is 0 Å². The molecule has 1 N–H and O–H groups in total. The number of hydrogen-bond acceptors (Lipinski definition) is 2. The first-order chi connectivity index (χ1) is 4.74. The van der Waals surface area contributed by atoms with Crippen molar-refractivity contribution < 1.29 is 5.11 Å². The summed E-state index contributed by atoms with van der Waals surface area (Å²) in [5.74, 6) is 0.821. The maximum Gasteiger partial charge on any atom is 0.0558 e. The SMILES string of the molecule is CC1CC(C)N(CCO)C1. The lowest BCUT2D eigenvalue weighted by Gasteiger charge is -2.18. The lowest BCUT2D eigenvalue weighted by Crippen LogP contribution is -2.29. The highest BCUT2D eigenvalue weighted by molar-refractivity contribution is 4.79. The molecule has 0 aromatic heterocycles. The average molecular weight is 143 g/mol. The van der Waals surface area contributed by atoms with E-state index in [0.29, 0.717) is 12.6 Å². The van der Waals surface area contributed by atoms with Crippen molar-refractivity contribution in [3.05, 3.63) is 0 Å². The van der Waals surface area contributed by atoms with Gasteiger partial charge in [0.05, 0.1) is 6.61 Å². The molecule has 1 aliphatic heterocycles. The largest absolute Gasteiger partial charge is 0.395 e. The first kappa shape index (κ1) is 8.02. The van der Waals surface area contributed by atoms with Crippen LogP contribution >= 0.6 is 0 Å². The average Bonchev–Trinajstić information content (AvgIpc) is 2.13. The molecule has 1 fully saturated rings. The summed E-state index contributed by atoms with van der Waals surface area (Å²) in [5, 5.41) is 8.69. The Morgan fingerprint density at radius 2 is 2.20 bits per heavy atom. The molecule has 1 saturated heterocycles. The van der Waals surface area contributed by atoms with Gasteiger partial charge in [-0.2, -0.15) is 0 Å². The van der Waals surface area contributed by atoms with E-state index in [2.05, 4.69) is 18.7 Å². The summed E-state index contributed by atoms with van der Waals surface area (Å²) in [4.78, 5) is 2.35. The van der Waals surface area contributed by atoms with Crippen molar-refractivity contribution in [2.75, 3.05) is 19.7 Å². The maximum absolute atomic E-state index is 8.69. The number of nitrogens with zero attached hydrogens (tertiary/aromatic N) is 1. The van der Waals surface area contributed by atoms with Crippen LogP contribution in [0, 0.1) is 5.92 Å². The number of hydrogen-bond donors (Lipinski definition) is 1.